The van der Waals surface area contributed by atoms with Crippen LogP contribution in [0.4, 0.5) is 19.3 Å². The molecule has 2 amide bonds. The van der Waals surface area contributed by atoms with Crippen molar-refractivity contribution in [3.05, 3.63) is 59.4 Å². The fourth-order valence-corrected chi connectivity index (χ4v) is 11.4. The fourth-order valence-electron chi connectivity index (χ4n) is 9.57. The number of amides is 2. The summed E-state index contributed by atoms with van der Waals surface area (Å²) in [5.74, 6) is -0.542. The molecule has 2 saturated carbocycles. The molecule has 3 heterocycles. The number of sulfone groups is 1. The summed E-state index contributed by atoms with van der Waals surface area (Å²) in [5, 5.41) is 5.84. The van der Waals surface area contributed by atoms with Gasteiger partial charge in [0, 0.05) is 43.7 Å². The average molecular weight is 742 g/mol. The Hall–Kier alpha value is -3.29. The second-order valence-corrected chi connectivity index (χ2v) is 18.2. The predicted octanol–water partition coefficient (Wildman–Crippen LogP) is 4.81. The second-order valence-electron chi connectivity index (χ2n) is 16.0. The molecule has 5 fully saturated rings. The van der Waals surface area contributed by atoms with Crippen molar-refractivity contribution < 1.29 is 31.5 Å². The highest BCUT2D eigenvalue weighted by Crippen LogP contribution is 2.50. The molecule has 5 aliphatic rings. The van der Waals surface area contributed by atoms with Crippen molar-refractivity contribution in [2.24, 2.45) is 11.8 Å². The number of halogens is 2. The van der Waals surface area contributed by atoms with E-state index in [2.05, 4.69) is 20.4 Å². The molecule has 3 aliphatic heterocycles. The molecule has 0 aromatic heterocycles. The highest BCUT2D eigenvalue weighted by atomic mass is 32.2. The third kappa shape index (κ3) is 7.55. The van der Waals surface area contributed by atoms with E-state index in [4.69, 9.17) is 4.74 Å². The van der Waals surface area contributed by atoms with E-state index in [1.807, 2.05) is 23.1 Å². The third-order valence-corrected chi connectivity index (χ3v) is 14.8. The van der Waals surface area contributed by atoms with Crippen molar-refractivity contribution in [1.29, 1.82) is 0 Å². The first kappa shape index (κ1) is 37.0. The topological polar surface area (TPSA) is 111 Å². The Labute approximate surface area is 306 Å². The van der Waals surface area contributed by atoms with Crippen molar-refractivity contribution in [2.75, 3.05) is 64.4 Å². The van der Waals surface area contributed by atoms with Crippen LogP contribution in [0.2, 0.25) is 0 Å². The number of hydrogen-bond donors (Lipinski definition) is 2. The molecule has 3 atom stereocenters. The van der Waals surface area contributed by atoms with E-state index in [-0.39, 0.29) is 47.9 Å². The molecule has 284 valence electrons. The first-order valence-corrected chi connectivity index (χ1v) is 20.6. The molecular weight excluding hydrogens is 689 g/mol. The van der Waals surface area contributed by atoms with E-state index < -0.39 is 27.0 Å². The molecule has 2 aromatic carbocycles. The number of hydrogen-bond acceptors (Lipinski definition) is 8. The summed E-state index contributed by atoms with van der Waals surface area (Å²) in [5.41, 5.74) is 0.427. The van der Waals surface area contributed by atoms with Gasteiger partial charge < -0.3 is 20.3 Å². The van der Waals surface area contributed by atoms with Crippen LogP contribution in [0.3, 0.4) is 0 Å². The molecular formula is C39H53F2N5O5S. The van der Waals surface area contributed by atoms with Gasteiger partial charge in [0.1, 0.15) is 5.82 Å². The Morgan fingerprint density at radius 3 is 2.35 bits per heavy atom. The summed E-state index contributed by atoms with van der Waals surface area (Å²) in [4.78, 5) is 31.7. The molecule has 0 radical (unpaired) electrons. The SMILES string of the molecule is COC(=O)N[C@H]1CCC[C@@H]1C(CNC(C)=O)(c1cccc(F)c1)C1CCN(CC2(F)CN(c3ccc(S(=O)(=O)C4CC4)c(CN4CCC4)c3)C2)CC1. The summed E-state index contributed by atoms with van der Waals surface area (Å²) in [6.45, 7) is 6.39. The van der Waals surface area contributed by atoms with E-state index in [0.29, 0.717) is 37.6 Å². The van der Waals surface area contributed by atoms with E-state index in [9.17, 15) is 22.4 Å². The standard InChI is InChI=1S/C39H53F2N5O5S/c1-27(47)42-23-39(30-6-3-7-31(40)21-30,34-8-4-9-35(34)43-37(48)51-2)29-14-18-45(19-15-29)24-38(41)25-46(26-38)32-10-13-36(52(49,50)33-11-12-33)28(20-32)22-44-16-5-17-44/h3,6-7,10,13,20-21,29,33-35H,4-5,8-9,11-12,14-19,22-26H2,1-2H3,(H,42,47)(H,43,48)/t34-,35-,39?/m0/s1. The Morgan fingerprint density at radius 1 is 0.962 bits per heavy atom. The number of methoxy groups -OCH3 is 1. The fraction of sp³-hybridized carbons (Fsp3) is 0.641. The van der Waals surface area contributed by atoms with Crippen LogP contribution in [0.15, 0.2) is 47.4 Å². The lowest BCUT2D eigenvalue weighted by Gasteiger charge is -2.52. The molecule has 10 nitrogen and oxygen atoms in total. The van der Waals surface area contributed by atoms with Gasteiger partial charge in [0.2, 0.25) is 5.91 Å². The number of anilines is 1. The van der Waals surface area contributed by atoms with Gasteiger partial charge >= 0.3 is 6.09 Å². The molecule has 2 aliphatic carbocycles. The van der Waals surface area contributed by atoms with Crippen LogP contribution in [0, 0.1) is 17.7 Å². The lowest BCUT2D eigenvalue weighted by atomic mass is 9.58. The van der Waals surface area contributed by atoms with Gasteiger partial charge in [-0.05, 0) is 124 Å². The average Bonchev–Trinajstić information content (AvgIpc) is 3.86. The second kappa shape index (κ2) is 14.9. The van der Waals surface area contributed by atoms with Crippen LogP contribution < -0.4 is 15.5 Å². The van der Waals surface area contributed by atoms with Gasteiger partial charge in [0.05, 0.1) is 30.3 Å². The third-order valence-electron chi connectivity index (χ3n) is 12.5. The Balaban J connectivity index is 1.05. The number of alkyl halides is 1. The van der Waals surface area contributed by atoms with Crippen molar-refractivity contribution in [3.8, 4) is 0 Å². The largest absolute Gasteiger partial charge is 0.453 e. The molecule has 52 heavy (non-hydrogen) atoms. The number of carbonyl (C=O) groups is 2. The van der Waals surface area contributed by atoms with E-state index in [1.54, 1.807) is 18.2 Å². The van der Waals surface area contributed by atoms with Gasteiger partial charge in [-0.1, -0.05) is 18.6 Å². The van der Waals surface area contributed by atoms with E-state index >= 15 is 4.39 Å². The van der Waals surface area contributed by atoms with Gasteiger partial charge in [0.15, 0.2) is 15.5 Å². The number of carbonyl (C=O) groups excluding carboxylic acids is 2. The lowest BCUT2D eigenvalue weighted by molar-refractivity contribution is -0.119. The number of nitrogens with zero attached hydrogens (tertiary/aromatic N) is 3. The zero-order valence-electron chi connectivity index (χ0n) is 30.4. The van der Waals surface area contributed by atoms with Gasteiger partial charge in [-0.3, -0.25) is 14.6 Å². The number of benzene rings is 2. The summed E-state index contributed by atoms with van der Waals surface area (Å²) >= 11 is 0. The molecule has 1 unspecified atom stereocenters. The zero-order chi connectivity index (χ0) is 36.7. The van der Waals surface area contributed by atoms with Gasteiger partial charge in [-0.2, -0.15) is 0 Å². The molecule has 0 bridgehead atoms. The highest BCUT2D eigenvalue weighted by molar-refractivity contribution is 7.92. The molecule has 13 heteroatoms. The smallest absolute Gasteiger partial charge is 0.407 e. The predicted molar refractivity (Wildman–Crippen MR) is 195 cm³/mol. The first-order chi connectivity index (χ1) is 24.9. The van der Waals surface area contributed by atoms with Crippen LogP contribution in [-0.4, -0.2) is 107 Å². The zero-order valence-corrected chi connectivity index (χ0v) is 31.2. The maximum absolute atomic E-state index is 16.4. The Kier molecular flexibility index (Phi) is 10.6. The first-order valence-electron chi connectivity index (χ1n) is 19.0. The van der Waals surface area contributed by atoms with Crippen LogP contribution in [-0.2, 0) is 31.3 Å². The monoisotopic (exact) mass is 741 g/mol. The highest BCUT2D eigenvalue weighted by Gasteiger charge is 2.53. The van der Waals surface area contributed by atoms with Gasteiger partial charge in [0.25, 0.3) is 0 Å². The maximum atomic E-state index is 16.4. The Morgan fingerprint density at radius 2 is 1.71 bits per heavy atom. The van der Waals surface area contributed by atoms with Crippen molar-refractivity contribution >= 4 is 27.5 Å². The van der Waals surface area contributed by atoms with E-state index in [1.165, 1.54) is 20.1 Å². The van der Waals surface area contributed by atoms with Crippen LogP contribution in [0.1, 0.15) is 69.4 Å². The van der Waals surface area contributed by atoms with Crippen LogP contribution >= 0.6 is 0 Å². The Bertz CT molecular complexity index is 1740. The van der Waals surface area contributed by atoms with Gasteiger partial charge in [-0.25, -0.2) is 22.0 Å². The van der Waals surface area contributed by atoms with E-state index in [0.717, 1.165) is 81.3 Å². The minimum Gasteiger partial charge on any atom is -0.453 e. The van der Waals surface area contributed by atoms with Crippen LogP contribution in [0.5, 0.6) is 0 Å². The number of alkyl carbamates (subject to hydrolysis) is 1. The van der Waals surface area contributed by atoms with Crippen molar-refractivity contribution in [3.63, 3.8) is 0 Å². The number of ether oxygens (including phenoxy) is 1. The minimum atomic E-state index is -3.35. The molecule has 7 rings (SSSR count). The molecule has 2 aromatic rings. The summed E-state index contributed by atoms with van der Waals surface area (Å²) in [7, 11) is -2.00. The molecule has 3 saturated heterocycles. The molecule has 0 spiro atoms. The number of piperidine rings is 1. The number of nitrogens with one attached hydrogen (secondary N) is 2. The number of likely N-dealkylation sites (tertiary alicyclic amines) is 2. The number of rotatable bonds is 13. The molecule has 2 N–H and O–H groups in total. The minimum absolute atomic E-state index is 0.0474. The maximum Gasteiger partial charge on any atom is 0.407 e. The summed E-state index contributed by atoms with van der Waals surface area (Å²) in [6, 6.07) is 12.0. The summed E-state index contributed by atoms with van der Waals surface area (Å²) in [6.07, 6.45) is 5.96. The van der Waals surface area contributed by atoms with Crippen molar-refractivity contribution in [2.45, 2.75) is 92.1 Å². The van der Waals surface area contributed by atoms with Gasteiger partial charge in [-0.15, -0.1) is 0 Å². The lowest BCUT2D eigenvalue weighted by Crippen LogP contribution is -2.65. The van der Waals surface area contributed by atoms with Crippen molar-refractivity contribution in [1.82, 2.24) is 20.4 Å². The quantitative estimate of drug-likeness (QED) is 0.301. The summed E-state index contributed by atoms with van der Waals surface area (Å²) < 4.78 is 62.7. The normalized spacial score (nSPS) is 25.1. The van der Waals surface area contributed by atoms with Crippen LogP contribution in [0.25, 0.3) is 0 Å².